The SMILES string of the molecule is ClCCCCCCCl.[NaH]. The molecule has 0 aromatic carbocycles. The van der Waals surface area contributed by atoms with Crippen LogP contribution in [0.15, 0.2) is 0 Å². The molecule has 9 heavy (non-hydrogen) atoms. The molecule has 3 heteroatoms. The summed E-state index contributed by atoms with van der Waals surface area (Å²) in [4.78, 5) is 0. The van der Waals surface area contributed by atoms with E-state index in [9.17, 15) is 0 Å². The Balaban J connectivity index is 0. The molecule has 0 radical (unpaired) electrons. The third-order valence-electron chi connectivity index (χ3n) is 1.02. The van der Waals surface area contributed by atoms with Crippen molar-refractivity contribution < 1.29 is 0 Å². The Kier molecular flexibility index (Phi) is 18.0. The minimum atomic E-state index is 0. The first-order valence-corrected chi connectivity index (χ1v) is 4.10. The van der Waals surface area contributed by atoms with E-state index >= 15 is 0 Å². The summed E-state index contributed by atoms with van der Waals surface area (Å²) in [5, 5.41) is 0. The summed E-state index contributed by atoms with van der Waals surface area (Å²) in [6, 6.07) is 0. The Bertz CT molecular complexity index is 36.0. The zero-order chi connectivity index (χ0) is 6.24. The first kappa shape index (κ1) is 13.2. The van der Waals surface area contributed by atoms with E-state index in [2.05, 4.69) is 0 Å². The predicted molar refractivity (Wildman–Crippen MR) is 47.1 cm³/mol. The van der Waals surface area contributed by atoms with Crippen molar-refractivity contribution in [2.24, 2.45) is 0 Å². The number of hydrogen-bond acceptors (Lipinski definition) is 0. The molecular formula is C6H13Cl2Na. The Labute approximate surface area is 89.6 Å². The Morgan fingerprint density at radius 3 is 1.22 bits per heavy atom. The monoisotopic (exact) mass is 178 g/mol. The van der Waals surface area contributed by atoms with E-state index in [0.29, 0.717) is 0 Å². The average molecular weight is 179 g/mol. The van der Waals surface area contributed by atoms with Crippen LogP contribution in [0.3, 0.4) is 0 Å². The fraction of sp³-hybridized carbons (Fsp3) is 1.00. The summed E-state index contributed by atoms with van der Waals surface area (Å²) in [6.45, 7) is 0. The molecule has 0 aliphatic rings. The molecule has 0 fully saturated rings. The van der Waals surface area contributed by atoms with Gasteiger partial charge in [0.25, 0.3) is 0 Å². The van der Waals surface area contributed by atoms with Crippen LogP contribution in [-0.2, 0) is 0 Å². The van der Waals surface area contributed by atoms with Crippen molar-refractivity contribution in [3.63, 3.8) is 0 Å². The molecule has 0 aromatic rings. The van der Waals surface area contributed by atoms with Gasteiger partial charge in [-0.2, -0.15) is 0 Å². The van der Waals surface area contributed by atoms with Gasteiger partial charge < -0.3 is 0 Å². The van der Waals surface area contributed by atoms with Crippen molar-refractivity contribution in [3.8, 4) is 0 Å². The summed E-state index contributed by atoms with van der Waals surface area (Å²) in [5.74, 6) is 1.59. The van der Waals surface area contributed by atoms with Gasteiger partial charge in [0.1, 0.15) is 0 Å². The van der Waals surface area contributed by atoms with Gasteiger partial charge in [-0.15, -0.1) is 23.2 Å². The first-order valence-electron chi connectivity index (χ1n) is 3.03. The van der Waals surface area contributed by atoms with E-state index in [1.54, 1.807) is 0 Å². The predicted octanol–water partition coefficient (Wildman–Crippen LogP) is 2.38. The standard InChI is InChI=1S/C6H12Cl2.Na.H/c7-5-3-1-2-4-6-8;;/h1-6H2;;. The molecule has 0 aromatic heterocycles. The second-order valence-electron chi connectivity index (χ2n) is 1.79. The van der Waals surface area contributed by atoms with Crippen LogP contribution in [-0.4, -0.2) is 41.3 Å². The van der Waals surface area contributed by atoms with Crippen molar-refractivity contribution in [2.75, 3.05) is 11.8 Å². The molecule has 0 nitrogen and oxygen atoms in total. The Hall–Kier alpha value is 1.58. The van der Waals surface area contributed by atoms with Gasteiger partial charge in [0.15, 0.2) is 0 Å². The molecule has 0 saturated heterocycles. The molecule has 0 saturated carbocycles. The summed E-state index contributed by atoms with van der Waals surface area (Å²) in [7, 11) is 0. The van der Waals surface area contributed by atoms with Crippen molar-refractivity contribution in [1.82, 2.24) is 0 Å². The van der Waals surface area contributed by atoms with Crippen molar-refractivity contribution in [2.45, 2.75) is 25.7 Å². The van der Waals surface area contributed by atoms with Crippen molar-refractivity contribution in [1.29, 1.82) is 0 Å². The zero-order valence-electron chi connectivity index (χ0n) is 5.00. The molecule has 0 bridgehead atoms. The average Bonchev–Trinajstić information content (AvgIpc) is 1.81. The maximum absolute atomic E-state index is 5.45. The molecule has 0 amide bonds. The number of alkyl halides is 2. The molecule has 0 rings (SSSR count). The number of hydrogen-bond donors (Lipinski definition) is 0. The van der Waals surface area contributed by atoms with E-state index in [-0.39, 0.29) is 29.6 Å². The number of rotatable bonds is 5. The third-order valence-corrected chi connectivity index (χ3v) is 1.55. The molecule has 0 aliphatic heterocycles. The van der Waals surface area contributed by atoms with E-state index in [1.165, 1.54) is 12.8 Å². The van der Waals surface area contributed by atoms with Crippen LogP contribution in [0.4, 0.5) is 0 Å². The Morgan fingerprint density at radius 2 is 1.00 bits per heavy atom. The molecule has 0 aliphatic carbocycles. The molecule has 0 spiro atoms. The van der Waals surface area contributed by atoms with Crippen LogP contribution in [0.5, 0.6) is 0 Å². The summed E-state index contributed by atoms with van der Waals surface area (Å²) < 4.78 is 0. The molecule has 0 unspecified atom stereocenters. The fourth-order valence-electron chi connectivity index (χ4n) is 0.543. The van der Waals surface area contributed by atoms with Gasteiger partial charge in [-0.25, -0.2) is 0 Å². The van der Waals surface area contributed by atoms with Gasteiger partial charge in [-0.1, -0.05) is 12.8 Å². The van der Waals surface area contributed by atoms with Crippen molar-refractivity contribution >= 4 is 52.8 Å². The van der Waals surface area contributed by atoms with E-state index in [4.69, 9.17) is 23.2 Å². The normalized spacial score (nSPS) is 8.67. The first-order chi connectivity index (χ1) is 3.91. The van der Waals surface area contributed by atoms with Crippen LogP contribution >= 0.6 is 23.2 Å². The van der Waals surface area contributed by atoms with Gasteiger partial charge in [0, 0.05) is 11.8 Å². The Morgan fingerprint density at radius 1 is 0.667 bits per heavy atom. The molecule has 0 N–H and O–H groups in total. The van der Waals surface area contributed by atoms with Gasteiger partial charge in [0.2, 0.25) is 0 Å². The van der Waals surface area contributed by atoms with Crippen LogP contribution in [0.25, 0.3) is 0 Å². The number of halogens is 2. The maximum atomic E-state index is 5.45. The zero-order valence-corrected chi connectivity index (χ0v) is 6.51. The number of unbranched alkanes of at least 4 members (excludes halogenated alkanes) is 3. The van der Waals surface area contributed by atoms with Gasteiger partial charge in [0.05, 0.1) is 0 Å². The van der Waals surface area contributed by atoms with Crippen LogP contribution in [0, 0.1) is 0 Å². The van der Waals surface area contributed by atoms with Crippen LogP contribution in [0.1, 0.15) is 25.7 Å². The van der Waals surface area contributed by atoms with Gasteiger partial charge >= 0.3 is 29.6 Å². The minimum absolute atomic E-state index is 0. The second-order valence-corrected chi connectivity index (χ2v) is 2.55. The van der Waals surface area contributed by atoms with Gasteiger partial charge in [-0.05, 0) is 12.8 Å². The summed E-state index contributed by atoms with van der Waals surface area (Å²) >= 11 is 10.9. The van der Waals surface area contributed by atoms with Crippen molar-refractivity contribution in [3.05, 3.63) is 0 Å². The van der Waals surface area contributed by atoms with Gasteiger partial charge in [-0.3, -0.25) is 0 Å². The molecular weight excluding hydrogens is 166 g/mol. The topological polar surface area (TPSA) is 0 Å². The third kappa shape index (κ3) is 12.7. The summed E-state index contributed by atoms with van der Waals surface area (Å²) in [6.07, 6.45) is 4.74. The molecule has 0 heterocycles. The molecule has 0 atom stereocenters. The van der Waals surface area contributed by atoms with E-state index in [0.717, 1.165) is 24.6 Å². The quantitative estimate of drug-likeness (QED) is 0.345. The van der Waals surface area contributed by atoms with E-state index < -0.39 is 0 Å². The fourth-order valence-corrected chi connectivity index (χ4v) is 0.921. The molecule has 52 valence electrons. The van der Waals surface area contributed by atoms with Crippen LogP contribution in [0.2, 0.25) is 0 Å². The van der Waals surface area contributed by atoms with Crippen LogP contribution < -0.4 is 0 Å². The van der Waals surface area contributed by atoms with E-state index in [1.807, 2.05) is 0 Å². The summed E-state index contributed by atoms with van der Waals surface area (Å²) in [5.41, 5.74) is 0. The second kappa shape index (κ2) is 12.3.